The second kappa shape index (κ2) is 6.03. The summed E-state index contributed by atoms with van der Waals surface area (Å²) >= 11 is 5.96. The summed E-state index contributed by atoms with van der Waals surface area (Å²) in [4.78, 5) is 11.4. The van der Waals surface area contributed by atoms with E-state index < -0.39 is 12.1 Å². The van der Waals surface area contributed by atoms with E-state index in [-0.39, 0.29) is 12.5 Å². The Morgan fingerprint density at radius 3 is 2.47 bits per heavy atom. The van der Waals surface area contributed by atoms with Crippen molar-refractivity contribution < 1.29 is 14.6 Å². The van der Waals surface area contributed by atoms with Gasteiger partial charge in [0.2, 0.25) is 0 Å². The van der Waals surface area contributed by atoms with Gasteiger partial charge in [0.25, 0.3) is 0 Å². The smallest absolute Gasteiger partial charge is 0.339 e. The SMILES string of the molecule is CCOC(=O)C(O)c1cc(Cl)cc(C(C)C)c1. The predicted octanol–water partition coefficient (Wildman–Crippen LogP) is 3.06. The second-order valence-corrected chi connectivity index (χ2v) is 4.56. The summed E-state index contributed by atoms with van der Waals surface area (Å²) in [6.07, 6.45) is -1.27. The number of halogens is 1. The Kier molecular flexibility index (Phi) is 4.97. The minimum atomic E-state index is -1.27. The zero-order chi connectivity index (χ0) is 13.0. The van der Waals surface area contributed by atoms with E-state index in [1.54, 1.807) is 19.1 Å². The molecule has 1 aromatic rings. The average molecular weight is 257 g/mol. The maximum atomic E-state index is 11.4. The Morgan fingerprint density at radius 1 is 1.35 bits per heavy atom. The molecule has 1 aromatic carbocycles. The predicted molar refractivity (Wildman–Crippen MR) is 67.1 cm³/mol. The zero-order valence-corrected chi connectivity index (χ0v) is 11.0. The minimum Gasteiger partial charge on any atom is -0.464 e. The van der Waals surface area contributed by atoms with Gasteiger partial charge in [-0.1, -0.05) is 31.5 Å². The van der Waals surface area contributed by atoms with Crippen LogP contribution in [-0.2, 0) is 9.53 Å². The van der Waals surface area contributed by atoms with Gasteiger partial charge in [0, 0.05) is 5.02 Å². The van der Waals surface area contributed by atoms with Crippen molar-refractivity contribution in [2.45, 2.75) is 32.8 Å². The Balaban J connectivity index is 3.01. The van der Waals surface area contributed by atoms with Gasteiger partial charge in [-0.15, -0.1) is 0 Å². The Morgan fingerprint density at radius 2 is 1.94 bits per heavy atom. The molecule has 0 amide bonds. The molecule has 0 bridgehead atoms. The third-order valence-corrected chi connectivity index (χ3v) is 2.65. The standard InChI is InChI=1S/C13H17ClO3/c1-4-17-13(16)12(15)10-5-9(8(2)3)6-11(14)7-10/h5-8,12,15H,4H2,1-3H3. The first-order valence-electron chi connectivity index (χ1n) is 5.60. The second-order valence-electron chi connectivity index (χ2n) is 4.13. The van der Waals surface area contributed by atoms with E-state index in [2.05, 4.69) is 0 Å². The lowest BCUT2D eigenvalue weighted by atomic mass is 9.99. The Labute approximate surface area is 106 Å². The van der Waals surface area contributed by atoms with Crippen molar-refractivity contribution in [2.75, 3.05) is 6.61 Å². The van der Waals surface area contributed by atoms with E-state index in [9.17, 15) is 9.90 Å². The maximum Gasteiger partial charge on any atom is 0.339 e. The molecule has 17 heavy (non-hydrogen) atoms. The summed E-state index contributed by atoms with van der Waals surface area (Å²) in [6, 6.07) is 5.18. The summed E-state index contributed by atoms with van der Waals surface area (Å²) in [6.45, 7) is 5.98. The van der Waals surface area contributed by atoms with E-state index in [4.69, 9.17) is 16.3 Å². The van der Waals surface area contributed by atoms with Crippen LogP contribution in [0.5, 0.6) is 0 Å². The zero-order valence-electron chi connectivity index (χ0n) is 10.2. The summed E-state index contributed by atoms with van der Waals surface area (Å²) < 4.78 is 4.77. The Hall–Kier alpha value is -1.06. The number of hydrogen-bond donors (Lipinski definition) is 1. The van der Waals surface area contributed by atoms with Crippen LogP contribution in [0.4, 0.5) is 0 Å². The molecule has 94 valence electrons. The van der Waals surface area contributed by atoms with Crippen molar-refractivity contribution >= 4 is 17.6 Å². The molecule has 0 aliphatic carbocycles. The van der Waals surface area contributed by atoms with Gasteiger partial charge in [-0.2, -0.15) is 0 Å². The highest BCUT2D eigenvalue weighted by Crippen LogP contribution is 2.25. The molecule has 3 nitrogen and oxygen atoms in total. The van der Waals surface area contributed by atoms with Crippen molar-refractivity contribution in [2.24, 2.45) is 0 Å². The number of rotatable bonds is 4. The number of esters is 1. The van der Waals surface area contributed by atoms with Crippen molar-refractivity contribution in [3.63, 3.8) is 0 Å². The van der Waals surface area contributed by atoms with Crippen molar-refractivity contribution in [3.05, 3.63) is 34.3 Å². The molecule has 1 N–H and O–H groups in total. The van der Waals surface area contributed by atoms with Gasteiger partial charge in [-0.3, -0.25) is 0 Å². The third-order valence-electron chi connectivity index (χ3n) is 2.43. The monoisotopic (exact) mass is 256 g/mol. The average Bonchev–Trinajstić information content (AvgIpc) is 2.27. The number of hydrogen-bond acceptors (Lipinski definition) is 3. The van der Waals surface area contributed by atoms with E-state index >= 15 is 0 Å². The fourth-order valence-corrected chi connectivity index (χ4v) is 1.74. The van der Waals surface area contributed by atoms with Gasteiger partial charge in [0.15, 0.2) is 6.10 Å². The molecule has 0 radical (unpaired) electrons. The fourth-order valence-electron chi connectivity index (χ4n) is 1.48. The number of carbonyl (C=O) groups excluding carboxylic acids is 1. The van der Waals surface area contributed by atoms with Crippen LogP contribution in [0.1, 0.15) is 43.9 Å². The topological polar surface area (TPSA) is 46.5 Å². The first-order chi connectivity index (χ1) is 7.95. The lowest BCUT2D eigenvalue weighted by Crippen LogP contribution is -2.15. The van der Waals surface area contributed by atoms with Gasteiger partial charge < -0.3 is 9.84 Å². The van der Waals surface area contributed by atoms with E-state index in [0.29, 0.717) is 10.6 Å². The summed E-state index contributed by atoms with van der Waals surface area (Å²) in [5, 5.41) is 10.3. The maximum absolute atomic E-state index is 11.4. The molecule has 0 saturated heterocycles. The van der Waals surface area contributed by atoms with Gasteiger partial charge in [-0.05, 0) is 36.1 Å². The largest absolute Gasteiger partial charge is 0.464 e. The molecule has 0 spiro atoms. The molecule has 4 heteroatoms. The minimum absolute atomic E-state index is 0.244. The number of ether oxygens (including phenoxy) is 1. The normalized spacial score (nSPS) is 12.6. The van der Waals surface area contributed by atoms with Crippen LogP contribution >= 0.6 is 11.6 Å². The van der Waals surface area contributed by atoms with E-state index in [1.165, 1.54) is 0 Å². The highest BCUT2D eigenvalue weighted by molar-refractivity contribution is 6.30. The van der Waals surface area contributed by atoms with Gasteiger partial charge in [0.1, 0.15) is 0 Å². The molecule has 0 aliphatic heterocycles. The summed E-state index contributed by atoms with van der Waals surface area (Å²) in [5.41, 5.74) is 1.45. The lowest BCUT2D eigenvalue weighted by Gasteiger charge is -2.13. The van der Waals surface area contributed by atoms with Crippen molar-refractivity contribution in [3.8, 4) is 0 Å². The van der Waals surface area contributed by atoms with Crippen LogP contribution in [0.2, 0.25) is 5.02 Å². The first-order valence-corrected chi connectivity index (χ1v) is 5.98. The van der Waals surface area contributed by atoms with Crippen LogP contribution in [0, 0.1) is 0 Å². The molecule has 1 unspecified atom stereocenters. The molecule has 1 rings (SSSR count). The molecule has 0 aliphatic rings. The molecule has 1 atom stereocenters. The first kappa shape index (κ1) is 14.0. The van der Waals surface area contributed by atoms with Gasteiger partial charge >= 0.3 is 5.97 Å². The lowest BCUT2D eigenvalue weighted by molar-refractivity contribution is -0.153. The number of carbonyl (C=O) groups is 1. The van der Waals surface area contributed by atoms with Crippen LogP contribution in [-0.4, -0.2) is 17.7 Å². The highest BCUT2D eigenvalue weighted by Gasteiger charge is 2.19. The Bertz CT molecular complexity index is 402. The summed E-state index contributed by atoms with van der Waals surface area (Å²) in [7, 11) is 0. The van der Waals surface area contributed by atoms with E-state index in [1.807, 2.05) is 19.9 Å². The molecule has 0 saturated carbocycles. The van der Waals surface area contributed by atoms with Crippen LogP contribution in [0.3, 0.4) is 0 Å². The van der Waals surface area contributed by atoms with Crippen LogP contribution in [0.15, 0.2) is 18.2 Å². The van der Waals surface area contributed by atoms with Crippen molar-refractivity contribution in [1.29, 1.82) is 0 Å². The molecular weight excluding hydrogens is 240 g/mol. The fraction of sp³-hybridized carbons (Fsp3) is 0.462. The van der Waals surface area contributed by atoms with Crippen LogP contribution < -0.4 is 0 Å². The number of aliphatic hydroxyl groups is 1. The number of benzene rings is 1. The van der Waals surface area contributed by atoms with Gasteiger partial charge in [0.05, 0.1) is 6.61 Å². The molecule has 0 heterocycles. The van der Waals surface area contributed by atoms with E-state index in [0.717, 1.165) is 5.56 Å². The number of aliphatic hydroxyl groups excluding tert-OH is 1. The molecule has 0 aromatic heterocycles. The highest BCUT2D eigenvalue weighted by atomic mass is 35.5. The molecule has 0 fully saturated rings. The molecular formula is C13H17ClO3. The van der Waals surface area contributed by atoms with Crippen LogP contribution in [0.25, 0.3) is 0 Å². The quantitative estimate of drug-likeness (QED) is 0.843. The summed E-state index contributed by atoms with van der Waals surface area (Å²) in [5.74, 6) is -0.369. The third kappa shape index (κ3) is 3.72. The van der Waals surface area contributed by atoms with Crippen molar-refractivity contribution in [1.82, 2.24) is 0 Å². The van der Waals surface area contributed by atoms with Gasteiger partial charge in [-0.25, -0.2) is 4.79 Å².